The molecule has 2 unspecified atom stereocenters. The maximum atomic E-state index is 12.2. The summed E-state index contributed by atoms with van der Waals surface area (Å²) in [6, 6.07) is 13.9. The Labute approximate surface area is 222 Å². The van der Waals surface area contributed by atoms with Crippen molar-refractivity contribution in [2.75, 3.05) is 6.61 Å². The summed E-state index contributed by atoms with van der Waals surface area (Å²) in [5, 5.41) is 0. The second-order valence-corrected chi connectivity index (χ2v) is 9.83. The largest absolute Gasteiger partial charge is 0.515 e. The number of hydrogen-bond donors (Lipinski definition) is 0. The van der Waals surface area contributed by atoms with Crippen LogP contribution in [0.1, 0.15) is 90.2 Å². The molecular weight excluding hydrogens is 460 g/mol. The standard InChI is InChI=1S/C32H42N2O3/c1-5-8-9-10-11-15-20-36-31(35)37-30-19-18-28(24-33-30)32(34-23-26-16-13-12-14-17-26)22-25(4)21-27(6-2)29(32)7-3/h7,12-14,16-19,21,23-24,27H,5-6,8-11,15,20,22H2,1-4H3. The summed E-state index contributed by atoms with van der Waals surface area (Å²) in [5.41, 5.74) is 4.04. The lowest BCUT2D eigenvalue weighted by atomic mass is 9.68. The summed E-state index contributed by atoms with van der Waals surface area (Å²) >= 11 is 0. The Bertz CT molecular complexity index is 1070. The molecule has 2 atom stereocenters. The van der Waals surface area contributed by atoms with Crippen LogP contribution in [0, 0.1) is 5.92 Å². The van der Waals surface area contributed by atoms with E-state index in [0.29, 0.717) is 12.5 Å². The summed E-state index contributed by atoms with van der Waals surface area (Å²) in [6.45, 7) is 9.04. The average Bonchev–Trinajstić information content (AvgIpc) is 2.92. The number of allylic oxidation sites excluding steroid dienone is 2. The van der Waals surface area contributed by atoms with Gasteiger partial charge >= 0.3 is 6.16 Å². The van der Waals surface area contributed by atoms with Crippen LogP contribution >= 0.6 is 0 Å². The molecule has 0 N–H and O–H groups in total. The van der Waals surface area contributed by atoms with Gasteiger partial charge in [-0.15, -0.1) is 0 Å². The number of carbonyl (C=O) groups excluding carboxylic acids is 1. The van der Waals surface area contributed by atoms with Gasteiger partial charge in [-0.1, -0.05) is 94.0 Å². The first kappa shape index (κ1) is 28.4. The van der Waals surface area contributed by atoms with Crippen molar-refractivity contribution in [3.8, 4) is 5.88 Å². The number of aromatic nitrogens is 1. The van der Waals surface area contributed by atoms with Gasteiger partial charge in [0.05, 0.1) is 6.61 Å². The van der Waals surface area contributed by atoms with Crippen LogP contribution in [0.5, 0.6) is 5.88 Å². The molecular formula is C32H42N2O3. The number of aliphatic imine (C=N–C) groups is 1. The highest BCUT2D eigenvalue weighted by Crippen LogP contribution is 2.47. The number of benzene rings is 1. The molecule has 1 heterocycles. The van der Waals surface area contributed by atoms with Crippen LogP contribution in [0.3, 0.4) is 0 Å². The van der Waals surface area contributed by atoms with E-state index in [0.717, 1.165) is 36.8 Å². The van der Waals surface area contributed by atoms with Gasteiger partial charge < -0.3 is 9.47 Å². The van der Waals surface area contributed by atoms with Gasteiger partial charge in [-0.2, -0.15) is 0 Å². The number of hydrogen-bond acceptors (Lipinski definition) is 5. The summed E-state index contributed by atoms with van der Waals surface area (Å²) < 4.78 is 10.6. The maximum absolute atomic E-state index is 12.2. The number of pyridine rings is 1. The molecule has 0 fully saturated rings. The van der Waals surface area contributed by atoms with Crippen molar-refractivity contribution >= 4 is 12.4 Å². The quantitative estimate of drug-likeness (QED) is 0.126. The summed E-state index contributed by atoms with van der Waals surface area (Å²) in [4.78, 5) is 21.8. The smallest absolute Gasteiger partial charge is 0.434 e. The number of unbranched alkanes of at least 4 members (excludes halogenated alkanes) is 5. The van der Waals surface area contributed by atoms with Crippen LogP contribution < -0.4 is 4.74 Å². The molecule has 37 heavy (non-hydrogen) atoms. The van der Waals surface area contributed by atoms with E-state index in [1.54, 1.807) is 12.3 Å². The average molecular weight is 503 g/mol. The van der Waals surface area contributed by atoms with Crippen molar-refractivity contribution in [2.45, 2.75) is 84.6 Å². The summed E-state index contributed by atoms with van der Waals surface area (Å²) in [5.74, 6) is 0.538. The van der Waals surface area contributed by atoms with Crippen molar-refractivity contribution in [3.05, 3.63) is 83.1 Å². The molecule has 1 aliphatic carbocycles. The van der Waals surface area contributed by atoms with Crippen molar-refractivity contribution in [3.63, 3.8) is 0 Å². The van der Waals surface area contributed by atoms with Crippen LogP contribution in [-0.4, -0.2) is 24.0 Å². The van der Waals surface area contributed by atoms with Gasteiger partial charge in [-0.3, -0.25) is 4.99 Å². The van der Waals surface area contributed by atoms with Gasteiger partial charge in [0.15, 0.2) is 0 Å². The SMILES string of the molecule is CC=C1C(CC)C=C(C)CC1(N=Cc1ccccc1)c1ccc(OC(=O)OCCCCCCCC)nc1. The van der Waals surface area contributed by atoms with E-state index in [4.69, 9.17) is 14.5 Å². The molecule has 0 bridgehead atoms. The molecule has 0 spiro atoms. The first-order chi connectivity index (χ1) is 18.0. The zero-order chi connectivity index (χ0) is 26.5. The normalized spacial score (nSPS) is 20.7. The molecule has 0 radical (unpaired) electrons. The van der Waals surface area contributed by atoms with Crippen LogP contribution in [0.2, 0.25) is 0 Å². The molecule has 1 aromatic heterocycles. The highest BCUT2D eigenvalue weighted by atomic mass is 16.7. The highest BCUT2D eigenvalue weighted by molar-refractivity contribution is 5.80. The molecule has 0 saturated heterocycles. The molecule has 3 rings (SSSR count). The fourth-order valence-electron chi connectivity index (χ4n) is 5.12. The molecule has 0 saturated carbocycles. The van der Waals surface area contributed by atoms with E-state index in [9.17, 15) is 4.79 Å². The van der Waals surface area contributed by atoms with Crippen molar-refractivity contribution in [1.29, 1.82) is 0 Å². The third kappa shape index (κ3) is 7.88. The fraction of sp³-hybridized carbons (Fsp3) is 0.469. The number of carbonyl (C=O) groups is 1. The topological polar surface area (TPSA) is 60.8 Å². The van der Waals surface area contributed by atoms with E-state index < -0.39 is 11.7 Å². The van der Waals surface area contributed by atoms with Crippen LogP contribution in [0.25, 0.3) is 0 Å². The molecule has 0 aliphatic heterocycles. The molecule has 5 heteroatoms. The van der Waals surface area contributed by atoms with Crippen LogP contribution in [0.15, 0.2) is 77.0 Å². The van der Waals surface area contributed by atoms with Gasteiger partial charge in [0.2, 0.25) is 5.88 Å². The molecule has 1 aliphatic rings. The third-order valence-corrected chi connectivity index (χ3v) is 7.00. The molecule has 0 amide bonds. The van der Waals surface area contributed by atoms with Crippen LogP contribution in [-0.2, 0) is 10.3 Å². The fourth-order valence-corrected chi connectivity index (χ4v) is 5.12. The van der Waals surface area contributed by atoms with Crippen LogP contribution in [0.4, 0.5) is 4.79 Å². The minimum Gasteiger partial charge on any atom is -0.434 e. The number of rotatable bonds is 12. The Kier molecular flexibility index (Phi) is 11.1. The van der Waals surface area contributed by atoms with E-state index in [1.165, 1.54) is 36.8 Å². The molecule has 1 aromatic carbocycles. The third-order valence-electron chi connectivity index (χ3n) is 7.00. The van der Waals surface area contributed by atoms with Gasteiger partial charge in [-0.25, -0.2) is 9.78 Å². The minimum atomic E-state index is -0.706. The van der Waals surface area contributed by atoms with E-state index in [1.807, 2.05) is 30.5 Å². The van der Waals surface area contributed by atoms with Gasteiger partial charge in [-0.05, 0) is 43.9 Å². The lowest BCUT2D eigenvalue weighted by Gasteiger charge is -2.40. The molecule has 5 nitrogen and oxygen atoms in total. The number of nitrogens with zero attached hydrogens (tertiary/aromatic N) is 2. The summed E-state index contributed by atoms with van der Waals surface area (Å²) in [6.07, 6.45) is 16.2. The Balaban J connectivity index is 1.75. The van der Waals surface area contributed by atoms with Gasteiger partial charge in [0.25, 0.3) is 0 Å². The predicted octanol–water partition coefficient (Wildman–Crippen LogP) is 8.59. The highest BCUT2D eigenvalue weighted by Gasteiger charge is 2.41. The second kappa shape index (κ2) is 14.5. The van der Waals surface area contributed by atoms with Crippen molar-refractivity contribution in [1.82, 2.24) is 4.98 Å². The zero-order valence-electron chi connectivity index (χ0n) is 22.9. The molecule has 198 valence electrons. The second-order valence-electron chi connectivity index (χ2n) is 9.83. The van der Waals surface area contributed by atoms with Crippen molar-refractivity contribution in [2.24, 2.45) is 10.9 Å². The van der Waals surface area contributed by atoms with Crippen molar-refractivity contribution < 1.29 is 14.3 Å². The summed E-state index contributed by atoms with van der Waals surface area (Å²) in [7, 11) is 0. The minimum absolute atomic E-state index is 0.232. The zero-order valence-corrected chi connectivity index (χ0v) is 22.9. The van der Waals surface area contributed by atoms with E-state index >= 15 is 0 Å². The maximum Gasteiger partial charge on any atom is 0.515 e. The Morgan fingerprint density at radius 3 is 2.51 bits per heavy atom. The lowest BCUT2D eigenvalue weighted by molar-refractivity contribution is 0.0957. The molecule has 2 aromatic rings. The monoisotopic (exact) mass is 502 g/mol. The predicted molar refractivity (Wildman–Crippen MR) is 151 cm³/mol. The Morgan fingerprint density at radius 1 is 1.08 bits per heavy atom. The van der Waals surface area contributed by atoms with E-state index in [-0.39, 0.29) is 5.88 Å². The first-order valence-corrected chi connectivity index (χ1v) is 13.8. The first-order valence-electron chi connectivity index (χ1n) is 13.8. The van der Waals surface area contributed by atoms with Gasteiger partial charge in [0, 0.05) is 36.4 Å². The lowest BCUT2D eigenvalue weighted by Crippen LogP contribution is -2.34. The van der Waals surface area contributed by atoms with E-state index in [2.05, 4.69) is 57.0 Å². The number of ether oxygens (including phenoxy) is 2. The van der Waals surface area contributed by atoms with Gasteiger partial charge in [0.1, 0.15) is 5.54 Å². The Hall–Kier alpha value is -3.21. The Morgan fingerprint density at radius 2 is 1.84 bits per heavy atom.